The number of benzene rings is 2. The van der Waals surface area contributed by atoms with Crippen molar-refractivity contribution in [3.63, 3.8) is 0 Å². The highest BCUT2D eigenvalue weighted by Gasteiger charge is 2.26. The number of unbranched alkanes of at least 4 members (excludes halogenated alkanes) is 2. The highest BCUT2D eigenvalue weighted by Crippen LogP contribution is 2.37. The monoisotopic (exact) mass is 550 g/mol. The summed E-state index contributed by atoms with van der Waals surface area (Å²) in [4.78, 5) is 44.1. The van der Waals surface area contributed by atoms with Crippen LogP contribution in [-0.4, -0.2) is 58.4 Å². The van der Waals surface area contributed by atoms with Gasteiger partial charge in [-0.1, -0.05) is 26.7 Å². The minimum absolute atomic E-state index is 0.0205. The molecule has 0 heterocycles. The minimum Gasteiger partial charge on any atom is -0.490 e. The first-order chi connectivity index (χ1) is 18.6. The fourth-order valence-corrected chi connectivity index (χ4v) is 3.27. The van der Waals surface area contributed by atoms with Gasteiger partial charge in [-0.15, -0.1) is 0 Å². The molecule has 0 spiro atoms. The fourth-order valence-electron chi connectivity index (χ4n) is 3.27. The van der Waals surface area contributed by atoms with Crippen LogP contribution in [0.25, 0.3) is 0 Å². The summed E-state index contributed by atoms with van der Waals surface area (Å²) in [6.07, 6.45) is 3.15. The molecule has 0 atom stereocenters. The van der Waals surface area contributed by atoms with E-state index in [1.807, 2.05) is 13.8 Å². The lowest BCUT2D eigenvalue weighted by Gasteiger charge is -2.15. The van der Waals surface area contributed by atoms with Gasteiger partial charge in [0, 0.05) is 18.6 Å². The van der Waals surface area contributed by atoms with Gasteiger partial charge in [0.05, 0.1) is 48.4 Å². The van der Waals surface area contributed by atoms with Crippen LogP contribution in [0.3, 0.4) is 0 Å². The Balaban J connectivity index is 2.18. The van der Waals surface area contributed by atoms with E-state index < -0.39 is 44.3 Å². The molecular weight excluding hydrogens is 520 g/mol. The maximum absolute atomic E-state index is 11.5. The molecule has 212 valence electrons. The molecule has 0 fully saturated rings. The number of nitrogens with zero attached hydrogens (tertiary/aromatic N) is 2. The molecule has 0 bridgehead atoms. The second kappa shape index (κ2) is 15.0. The van der Waals surface area contributed by atoms with Gasteiger partial charge in [-0.05, 0) is 12.8 Å². The van der Waals surface area contributed by atoms with Crippen LogP contribution in [0.5, 0.6) is 23.0 Å². The van der Waals surface area contributed by atoms with Crippen molar-refractivity contribution in [2.75, 3.05) is 26.4 Å². The summed E-state index contributed by atoms with van der Waals surface area (Å²) in [5.41, 5.74) is -2.39. The first-order valence-corrected chi connectivity index (χ1v) is 12.2. The van der Waals surface area contributed by atoms with E-state index in [1.54, 1.807) is 0 Å². The molecule has 14 heteroatoms. The largest absolute Gasteiger partial charge is 0.490 e. The summed E-state index contributed by atoms with van der Waals surface area (Å²) < 4.78 is 22.4. The molecule has 0 aliphatic rings. The molecule has 0 aromatic heterocycles. The van der Waals surface area contributed by atoms with Gasteiger partial charge in [0.1, 0.15) is 11.1 Å². The Kier molecular flexibility index (Phi) is 11.7. The average molecular weight is 551 g/mol. The Hall–Kier alpha value is -4.62. The molecule has 0 saturated carbocycles. The van der Waals surface area contributed by atoms with Crippen molar-refractivity contribution >= 4 is 23.3 Å². The number of rotatable bonds is 18. The number of hydrogen-bond donors (Lipinski definition) is 2. The van der Waals surface area contributed by atoms with Crippen LogP contribution >= 0.6 is 0 Å². The molecular formula is C25H30N2O12. The number of carboxylic acid groups (broad SMARTS) is 2. The Morgan fingerprint density at radius 3 is 1.23 bits per heavy atom. The minimum atomic E-state index is -1.48. The van der Waals surface area contributed by atoms with Crippen molar-refractivity contribution in [2.45, 2.75) is 46.0 Å². The predicted molar refractivity (Wildman–Crippen MR) is 137 cm³/mol. The van der Waals surface area contributed by atoms with E-state index in [0.717, 1.165) is 37.1 Å². The van der Waals surface area contributed by atoms with Crippen LogP contribution < -0.4 is 18.9 Å². The van der Waals surface area contributed by atoms with Gasteiger partial charge in [-0.2, -0.15) is 0 Å². The van der Waals surface area contributed by atoms with Gasteiger partial charge in [-0.3, -0.25) is 20.2 Å². The molecule has 0 amide bonds. The van der Waals surface area contributed by atoms with Crippen molar-refractivity contribution in [1.82, 2.24) is 0 Å². The van der Waals surface area contributed by atoms with Gasteiger partial charge in [0.25, 0.3) is 11.4 Å². The average Bonchev–Trinajstić information content (AvgIpc) is 2.88. The molecule has 0 radical (unpaired) electrons. The van der Waals surface area contributed by atoms with Crippen LogP contribution in [-0.2, 0) is 0 Å². The summed E-state index contributed by atoms with van der Waals surface area (Å²) in [6, 6.07) is 4.06. The molecule has 0 unspecified atom stereocenters. The van der Waals surface area contributed by atoms with Crippen LogP contribution in [0.2, 0.25) is 0 Å². The maximum atomic E-state index is 11.5. The van der Waals surface area contributed by atoms with Crippen LogP contribution in [0, 0.1) is 20.2 Å². The summed E-state index contributed by atoms with van der Waals surface area (Å²) in [5.74, 6) is -2.93. The van der Waals surface area contributed by atoms with Gasteiger partial charge in [-0.25, -0.2) is 9.59 Å². The summed E-state index contributed by atoms with van der Waals surface area (Å²) in [6.45, 7) is 4.30. The Labute approximate surface area is 223 Å². The molecule has 0 aliphatic carbocycles. The van der Waals surface area contributed by atoms with Crippen molar-refractivity contribution in [1.29, 1.82) is 0 Å². The van der Waals surface area contributed by atoms with Crippen LogP contribution in [0.4, 0.5) is 11.4 Å². The third-order valence-corrected chi connectivity index (χ3v) is 5.29. The van der Waals surface area contributed by atoms with Gasteiger partial charge < -0.3 is 29.2 Å². The Bertz CT molecular complexity index is 1110. The normalized spacial score (nSPS) is 10.5. The van der Waals surface area contributed by atoms with Gasteiger partial charge in [0.2, 0.25) is 0 Å². The van der Waals surface area contributed by atoms with Crippen molar-refractivity contribution in [2.24, 2.45) is 0 Å². The van der Waals surface area contributed by atoms with E-state index in [4.69, 9.17) is 18.9 Å². The SMILES string of the molecule is CCCCOc1cc(C(=O)O)c([N+](=O)[O-])cc1OCCCOc1cc([N+](=O)[O-])c(C(=O)O)cc1OCCCC. The molecule has 0 aliphatic heterocycles. The van der Waals surface area contributed by atoms with E-state index in [1.165, 1.54) is 0 Å². The first kappa shape index (κ1) is 30.6. The highest BCUT2D eigenvalue weighted by atomic mass is 16.6. The first-order valence-electron chi connectivity index (χ1n) is 12.2. The number of ether oxygens (including phenoxy) is 4. The number of nitro benzene ring substituents is 2. The summed E-state index contributed by atoms with van der Waals surface area (Å²) in [7, 11) is 0. The molecule has 2 N–H and O–H groups in total. The number of hydrogen-bond acceptors (Lipinski definition) is 10. The molecule has 2 aromatic rings. The molecule has 0 saturated heterocycles. The van der Waals surface area contributed by atoms with E-state index in [9.17, 15) is 40.0 Å². The standard InChI is InChI=1S/C25H30N2O12/c1-3-5-8-36-20-12-16(24(28)29)18(26(32)33)14-22(20)38-10-7-11-39-23-15-19(27(34)35)17(25(30)31)13-21(23)37-9-6-4-2/h12-15H,3-11H2,1-2H3,(H,28,29)(H,30,31). The summed E-state index contributed by atoms with van der Waals surface area (Å²) >= 11 is 0. The van der Waals surface area contributed by atoms with Crippen LogP contribution in [0.1, 0.15) is 66.7 Å². The fraction of sp³-hybridized carbons (Fsp3) is 0.440. The van der Waals surface area contributed by atoms with E-state index in [-0.39, 0.29) is 55.8 Å². The lowest BCUT2D eigenvalue weighted by molar-refractivity contribution is -0.385. The zero-order chi connectivity index (χ0) is 28.9. The molecule has 14 nitrogen and oxygen atoms in total. The Morgan fingerprint density at radius 2 is 0.949 bits per heavy atom. The van der Waals surface area contributed by atoms with E-state index in [0.29, 0.717) is 12.8 Å². The maximum Gasteiger partial charge on any atom is 0.342 e. The van der Waals surface area contributed by atoms with E-state index >= 15 is 0 Å². The highest BCUT2D eigenvalue weighted by molar-refractivity contribution is 5.94. The third-order valence-electron chi connectivity index (χ3n) is 5.29. The number of aromatic carboxylic acids is 2. The third kappa shape index (κ3) is 8.72. The second-order valence-electron chi connectivity index (χ2n) is 8.21. The lowest BCUT2D eigenvalue weighted by Crippen LogP contribution is -2.10. The molecule has 2 aromatic carbocycles. The lowest BCUT2D eigenvalue weighted by atomic mass is 10.1. The van der Waals surface area contributed by atoms with Crippen molar-refractivity contribution < 1.29 is 48.6 Å². The quantitative estimate of drug-likeness (QED) is 0.141. The number of carboxylic acids is 2. The topological polar surface area (TPSA) is 198 Å². The van der Waals surface area contributed by atoms with Gasteiger partial charge >= 0.3 is 11.9 Å². The zero-order valence-electron chi connectivity index (χ0n) is 21.5. The van der Waals surface area contributed by atoms with Gasteiger partial charge in [0.15, 0.2) is 23.0 Å². The zero-order valence-corrected chi connectivity index (χ0v) is 21.5. The Morgan fingerprint density at radius 1 is 0.641 bits per heavy atom. The number of carbonyl (C=O) groups is 2. The predicted octanol–water partition coefficient (Wildman–Crippen LogP) is 5.11. The second-order valence-corrected chi connectivity index (χ2v) is 8.21. The van der Waals surface area contributed by atoms with E-state index in [2.05, 4.69) is 0 Å². The molecule has 39 heavy (non-hydrogen) atoms. The van der Waals surface area contributed by atoms with Crippen LogP contribution in [0.15, 0.2) is 24.3 Å². The summed E-state index contributed by atoms with van der Waals surface area (Å²) in [5, 5.41) is 41.5. The smallest absolute Gasteiger partial charge is 0.342 e. The number of nitro groups is 2. The van der Waals surface area contributed by atoms with Crippen molar-refractivity contribution in [3.05, 3.63) is 55.6 Å². The molecule has 2 rings (SSSR count). The van der Waals surface area contributed by atoms with Crippen molar-refractivity contribution in [3.8, 4) is 23.0 Å².